The Morgan fingerprint density at radius 2 is 2.25 bits per heavy atom. The SMILES string of the molecule is C=CCC(=C)CC1=CC(C)C=C(C#N)C=C1. The van der Waals surface area contributed by atoms with Gasteiger partial charge in [0.25, 0.3) is 0 Å². The summed E-state index contributed by atoms with van der Waals surface area (Å²) in [6.07, 6.45) is 11.6. The van der Waals surface area contributed by atoms with Crippen LogP contribution in [0.4, 0.5) is 0 Å². The van der Waals surface area contributed by atoms with Gasteiger partial charge in [-0.1, -0.05) is 43.4 Å². The van der Waals surface area contributed by atoms with Gasteiger partial charge in [0.05, 0.1) is 6.07 Å². The minimum absolute atomic E-state index is 0.302. The summed E-state index contributed by atoms with van der Waals surface area (Å²) in [7, 11) is 0. The third-order valence-corrected chi connectivity index (χ3v) is 2.41. The zero-order valence-electron chi connectivity index (χ0n) is 9.74. The molecule has 0 spiro atoms. The van der Waals surface area contributed by atoms with Crippen molar-refractivity contribution in [2.45, 2.75) is 19.8 Å². The third-order valence-electron chi connectivity index (χ3n) is 2.41. The predicted molar refractivity (Wildman–Crippen MR) is 68.7 cm³/mol. The fourth-order valence-corrected chi connectivity index (χ4v) is 1.73. The number of nitriles is 1. The van der Waals surface area contributed by atoms with E-state index in [0.717, 1.165) is 24.0 Å². The average molecular weight is 211 g/mol. The van der Waals surface area contributed by atoms with Crippen molar-refractivity contribution < 1.29 is 0 Å². The quantitative estimate of drug-likeness (QED) is 0.642. The van der Waals surface area contributed by atoms with Crippen molar-refractivity contribution in [1.82, 2.24) is 0 Å². The number of hydrogen-bond acceptors (Lipinski definition) is 1. The van der Waals surface area contributed by atoms with E-state index in [9.17, 15) is 0 Å². The molecule has 0 radical (unpaired) electrons. The molecule has 0 fully saturated rings. The first-order valence-electron chi connectivity index (χ1n) is 5.44. The molecule has 0 bridgehead atoms. The molecule has 1 aliphatic carbocycles. The Kier molecular flexibility index (Phi) is 4.54. The minimum atomic E-state index is 0.302. The lowest BCUT2D eigenvalue weighted by atomic mass is 10.0. The van der Waals surface area contributed by atoms with E-state index in [4.69, 9.17) is 5.26 Å². The van der Waals surface area contributed by atoms with Gasteiger partial charge in [0, 0.05) is 5.57 Å². The molecule has 1 atom stereocenters. The lowest BCUT2D eigenvalue weighted by Crippen LogP contribution is -1.88. The fraction of sp³-hybridized carbons (Fsp3) is 0.267. The van der Waals surface area contributed by atoms with Crippen LogP contribution in [-0.2, 0) is 0 Å². The Bertz CT molecular complexity index is 413. The van der Waals surface area contributed by atoms with Crippen LogP contribution in [0.15, 0.2) is 60.3 Å². The van der Waals surface area contributed by atoms with Crippen molar-refractivity contribution in [1.29, 1.82) is 5.26 Å². The van der Waals surface area contributed by atoms with Crippen LogP contribution in [0.3, 0.4) is 0 Å². The summed E-state index contributed by atoms with van der Waals surface area (Å²) in [5, 5.41) is 8.86. The van der Waals surface area contributed by atoms with Gasteiger partial charge in [-0.15, -0.1) is 6.58 Å². The number of rotatable bonds is 4. The first kappa shape index (κ1) is 12.3. The Hall–Kier alpha value is -1.81. The van der Waals surface area contributed by atoms with E-state index in [1.165, 1.54) is 5.57 Å². The van der Waals surface area contributed by atoms with Gasteiger partial charge in [0.1, 0.15) is 0 Å². The standard InChI is InChI=1S/C15H17N/c1-4-5-12(2)8-14-6-7-15(11-16)10-13(3)9-14/h4,6-7,9-10,13H,1-2,5,8H2,3H3. The second-order valence-corrected chi connectivity index (χ2v) is 4.09. The van der Waals surface area contributed by atoms with Crippen LogP contribution in [0.1, 0.15) is 19.8 Å². The van der Waals surface area contributed by atoms with Gasteiger partial charge in [0.2, 0.25) is 0 Å². The molecule has 82 valence electrons. The normalized spacial score (nSPS) is 19.1. The van der Waals surface area contributed by atoms with E-state index in [1.807, 2.05) is 24.3 Å². The molecular formula is C15H17N. The van der Waals surface area contributed by atoms with Gasteiger partial charge < -0.3 is 0 Å². The smallest absolute Gasteiger partial charge is 0.0988 e. The van der Waals surface area contributed by atoms with Crippen molar-refractivity contribution in [3.8, 4) is 6.07 Å². The van der Waals surface area contributed by atoms with Crippen molar-refractivity contribution >= 4 is 0 Å². The Morgan fingerprint density at radius 1 is 1.50 bits per heavy atom. The largest absolute Gasteiger partial charge is 0.192 e. The Morgan fingerprint density at radius 3 is 2.88 bits per heavy atom. The highest BCUT2D eigenvalue weighted by atomic mass is 14.2. The van der Waals surface area contributed by atoms with E-state index in [0.29, 0.717) is 5.92 Å². The van der Waals surface area contributed by atoms with Crippen molar-refractivity contribution in [3.63, 3.8) is 0 Å². The predicted octanol–water partition coefficient (Wildman–Crippen LogP) is 4.09. The molecule has 0 saturated carbocycles. The molecule has 1 heteroatoms. The molecule has 1 unspecified atom stereocenters. The lowest BCUT2D eigenvalue weighted by Gasteiger charge is -2.05. The summed E-state index contributed by atoms with van der Waals surface area (Å²) in [5.74, 6) is 0.302. The molecule has 16 heavy (non-hydrogen) atoms. The number of hydrogen-bond donors (Lipinski definition) is 0. The van der Waals surface area contributed by atoms with Crippen molar-refractivity contribution in [2.24, 2.45) is 5.92 Å². The van der Waals surface area contributed by atoms with Gasteiger partial charge in [-0.05, 0) is 30.4 Å². The molecule has 0 aromatic carbocycles. The van der Waals surface area contributed by atoms with E-state index in [1.54, 1.807) is 0 Å². The highest BCUT2D eigenvalue weighted by Crippen LogP contribution is 2.21. The minimum Gasteiger partial charge on any atom is -0.192 e. The van der Waals surface area contributed by atoms with Crippen molar-refractivity contribution in [3.05, 3.63) is 60.3 Å². The summed E-state index contributed by atoms with van der Waals surface area (Å²) in [6.45, 7) is 9.79. The van der Waals surface area contributed by atoms with Crippen LogP contribution in [0.5, 0.6) is 0 Å². The summed E-state index contributed by atoms with van der Waals surface area (Å²) in [6, 6.07) is 2.18. The molecular weight excluding hydrogens is 194 g/mol. The molecule has 1 nitrogen and oxygen atoms in total. The van der Waals surface area contributed by atoms with Gasteiger partial charge in [-0.2, -0.15) is 5.26 Å². The maximum Gasteiger partial charge on any atom is 0.0988 e. The van der Waals surface area contributed by atoms with Crippen LogP contribution in [0.25, 0.3) is 0 Å². The van der Waals surface area contributed by atoms with E-state index < -0.39 is 0 Å². The lowest BCUT2D eigenvalue weighted by molar-refractivity contribution is 0.917. The average Bonchev–Trinajstić information content (AvgIpc) is 2.40. The maximum atomic E-state index is 8.86. The summed E-state index contributed by atoms with van der Waals surface area (Å²) in [5.41, 5.74) is 3.10. The van der Waals surface area contributed by atoms with Gasteiger partial charge >= 0.3 is 0 Å². The number of allylic oxidation sites excluding steroid dienone is 8. The highest BCUT2D eigenvalue weighted by Gasteiger charge is 2.04. The zero-order valence-corrected chi connectivity index (χ0v) is 9.74. The van der Waals surface area contributed by atoms with Gasteiger partial charge in [-0.25, -0.2) is 0 Å². The third kappa shape index (κ3) is 3.74. The zero-order chi connectivity index (χ0) is 12.0. The van der Waals surface area contributed by atoms with E-state index in [-0.39, 0.29) is 0 Å². The Labute approximate surface area is 97.8 Å². The number of nitrogens with zero attached hydrogens (tertiary/aromatic N) is 1. The molecule has 0 N–H and O–H groups in total. The van der Waals surface area contributed by atoms with E-state index in [2.05, 4.69) is 32.2 Å². The van der Waals surface area contributed by atoms with Crippen LogP contribution >= 0.6 is 0 Å². The van der Waals surface area contributed by atoms with Crippen LogP contribution < -0.4 is 0 Å². The first-order valence-corrected chi connectivity index (χ1v) is 5.44. The molecule has 0 heterocycles. The molecule has 0 aromatic heterocycles. The molecule has 1 rings (SSSR count). The van der Waals surface area contributed by atoms with Gasteiger partial charge in [0.15, 0.2) is 0 Å². The molecule has 0 saturated heterocycles. The van der Waals surface area contributed by atoms with Crippen LogP contribution in [0, 0.1) is 17.2 Å². The first-order chi connectivity index (χ1) is 7.65. The molecule has 1 aliphatic rings. The van der Waals surface area contributed by atoms with E-state index >= 15 is 0 Å². The monoisotopic (exact) mass is 211 g/mol. The van der Waals surface area contributed by atoms with Crippen LogP contribution in [0.2, 0.25) is 0 Å². The topological polar surface area (TPSA) is 23.8 Å². The Balaban J connectivity index is 2.74. The van der Waals surface area contributed by atoms with Crippen LogP contribution in [-0.4, -0.2) is 0 Å². The summed E-state index contributed by atoms with van der Waals surface area (Å²) < 4.78 is 0. The maximum absolute atomic E-state index is 8.86. The second kappa shape index (κ2) is 5.92. The fourth-order valence-electron chi connectivity index (χ4n) is 1.73. The molecule has 0 amide bonds. The summed E-state index contributed by atoms with van der Waals surface area (Å²) in [4.78, 5) is 0. The summed E-state index contributed by atoms with van der Waals surface area (Å²) >= 11 is 0. The molecule has 0 aromatic rings. The highest BCUT2D eigenvalue weighted by molar-refractivity contribution is 5.41. The van der Waals surface area contributed by atoms with Gasteiger partial charge in [-0.3, -0.25) is 0 Å². The van der Waals surface area contributed by atoms with Crippen molar-refractivity contribution in [2.75, 3.05) is 0 Å². The molecule has 0 aliphatic heterocycles. The second-order valence-electron chi connectivity index (χ2n) is 4.09.